The van der Waals surface area contributed by atoms with Gasteiger partial charge in [0.25, 0.3) is 11.7 Å². The summed E-state index contributed by atoms with van der Waals surface area (Å²) in [6, 6.07) is 17.4. The summed E-state index contributed by atoms with van der Waals surface area (Å²) in [5, 5.41) is 11.2. The van der Waals surface area contributed by atoms with Gasteiger partial charge in [-0.25, -0.2) is 0 Å². The minimum atomic E-state index is -0.731. The summed E-state index contributed by atoms with van der Waals surface area (Å²) in [5.74, 6) is -1.22. The van der Waals surface area contributed by atoms with Crippen LogP contribution >= 0.6 is 0 Å². The van der Waals surface area contributed by atoms with Crippen molar-refractivity contribution in [2.45, 2.75) is 19.5 Å². The van der Waals surface area contributed by atoms with Crippen molar-refractivity contribution in [1.82, 2.24) is 9.88 Å². The number of rotatable bonds is 5. The molecule has 0 bridgehead atoms. The summed E-state index contributed by atoms with van der Waals surface area (Å²) in [5.41, 5.74) is 2.94. The molecule has 0 radical (unpaired) electrons. The maximum atomic E-state index is 13.1. The molecule has 0 aliphatic carbocycles. The van der Waals surface area contributed by atoms with Gasteiger partial charge in [0.05, 0.1) is 24.3 Å². The van der Waals surface area contributed by atoms with Gasteiger partial charge >= 0.3 is 0 Å². The lowest BCUT2D eigenvalue weighted by Gasteiger charge is -2.25. The fraction of sp³-hybridized carbons (Fsp3) is 0.160. The molecule has 1 amide bonds. The molecule has 6 nitrogen and oxygen atoms in total. The Morgan fingerprint density at radius 2 is 1.90 bits per heavy atom. The van der Waals surface area contributed by atoms with Crippen molar-refractivity contribution >= 4 is 17.4 Å². The molecule has 1 N–H and O–H groups in total. The fourth-order valence-electron chi connectivity index (χ4n) is 3.90. The lowest BCUT2D eigenvalue weighted by atomic mass is 9.94. The van der Waals surface area contributed by atoms with Crippen LogP contribution in [0, 0.1) is 6.92 Å². The van der Waals surface area contributed by atoms with E-state index in [1.807, 2.05) is 37.3 Å². The average molecular weight is 414 g/mol. The maximum Gasteiger partial charge on any atom is 0.295 e. The number of hydrogen-bond donors (Lipinski definition) is 1. The molecular formula is C25H22N2O4. The predicted molar refractivity (Wildman–Crippen MR) is 116 cm³/mol. The van der Waals surface area contributed by atoms with E-state index < -0.39 is 17.7 Å². The zero-order chi connectivity index (χ0) is 22.0. The van der Waals surface area contributed by atoms with Crippen molar-refractivity contribution in [3.05, 3.63) is 101 Å². The number of para-hydroxylation sites is 1. The second-order valence-corrected chi connectivity index (χ2v) is 7.40. The minimum absolute atomic E-state index is 0.0454. The zero-order valence-corrected chi connectivity index (χ0v) is 17.3. The van der Waals surface area contributed by atoms with Crippen molar-refractivity contribution in [3.63, 3.8) is 0 Å². The number of methoxy groups -OCH3 is 1. The molecule has 1 aromatic heterocycles. The lowest BCUT2D eigenvalue weighted by Crippen LogP contribution is -2.29. The van der Waals surface area contributed by atoms with Crippen LogP contribution in [0.1, 0.15) is 28.3 Å². The highest BCUT2D eigenvalue weighted by atomic mass is 16.5. The second kappa shape index (κ2) is 8.44. The number of carbonyl (C=O) groups is 2. The van der Waals surface area contributed by atoms with E-state index >= 15 is 0 Å². The number of nitrogens with zero attached hydrogens (tertiary/aromatic N) is 2. The molecule has 0 saturated carbocycles. The van der Waals surface area contributed by atoms with E-state index in [-0.39, 0.29) is 17.9 Å². The molecule has 6 heteroatoms. The molecule has 0 spiro atoms. The van der Waals surface area contributed by atoms with E-state index in [2.05, 4.69) is 4.98 Å². The Hall–Kier alpha value is -3.93. The third kappa shape index (κ3) is 3.80. The summed E-state index contributed by atoms with van der Waals surface area (Å²) in [4.78, 5) is 31.8. The van der Waals surface area contributed by atoms with E-state index in [4.69, 9.17) is 4.74 Å². The molecule has 1 saturated heterocycles. The van der Waals surface area contributed by atoms with Crippen LogP contribution < -0.4 is 4.74 Å². The van der Waals surface area contributed by atoms with Crippen LogP contribution in [-0.4, -0.2) is 33.8 Å². The lowest BCUT2D eigenvalue weighted by molar-refractivity contribution is -0.140. The molecule has 156 valence electrons. The van der Waals surface area contributed by atoms with Gasteiger partial charge in [-0.15, -0.1) is 0 Å². The highest BCUT2D eigenvalue weighted by Crippen LogP contribution is 2.41. The molecule has 1 aliphatic heterocycles. The smallest absolute Gasteiger partial charge is 0.295 e. The van der Waals surface area contributed by atoms with Crippen LogP contribution in [0.3, 0.4) is 0 Å². The number of Topliss-reactive ketones (excluding diaryl/α,β-unsaturated/α-hetero) is 1. The quantitative estimate of drug-likeness (QED) is 0.388. The zero-order valence-electron chi connectivity index (χ0n) is 17.3. The Labute approximate surface area is 180 Å². The number of aliphatic hydroxyl groups is 1. The first kappa shape index (κ1) is 20.3. The first-order valence-corrected chi connectivity index (χ1v) is 9.88. The predicted octanol–water partition coefficient (Wildman–Crippen LogP) is 4.02. The normalized spacial score (nSPS) is 17.7. The molecule has 3 aromatic rings. The summed E-state index contributed by atoms with van der Waals surface area (Å²) in [6.07, 6.45) is 3.31. The number of aromatic nitrogens is 1. The van der Waals surface area contributed by atoms with E-state index in [1.165, 1.54) is 12.0 Å². The number of ketones is 1. The number of aryl methyl sites for hydroxylation is 1. The summed E-state index contributed by atoms with van der Waals surface area (Å²) in [6.45, 7) is 2.14. The molecule has 2 aromatic carbocycles. The number of likely N-dealkylation sites (tertiary alicyclic amines) is 1. The number of benzene rings is 2. The molecule has 1 unspecified atom stereocenters. The van der Waals surface area contributed by atoms with Crippen LogP contribution in [-0.2, 0) is 16.1 Å². The van der Waals surface area contributed by atoms with Crippen molar-refractivity contribution < 1.29 is 19.4 Å². The Kier molecular flexibility index (Phi) is 5.54. The molecule has 2 heterocycles. The van der Waals surface area contributed by atoms with Crippen molar-refractivity contribution in [2.24, 2.45) is 0 Å². The van der Waals surface area contributed by atoms with E-state index in [0.29, 0.717) is 11.3 Å². The third-order valence-electron chi connectivity index (χ3n) is 5.34. The van der Waals surface area contributed by atoms with Gasteiger partial charge in [-0.05, 0) is 36.2 Å². The second-order valence-electron chi connectivity index (χ2n) is 7.40. The highest BCUT2D eigenvalue weighted by molar-refractivity contribution is 6.46. The number of carbonyl (C=O) groups excluding carboxylic acids is 2. The first-order chi connectivity index (χ1) is 15.0. The van der Waals surface area contributed by atoms with Crippen LogP contribution in [0.2, 0.25) is 0 Å². The minimum Gasteiger partial charge on any atom is -0.507 e. The van der Waals surface area contributed by atoms with Gasteiger partial charge in [0, 0.05) is 18.9 Å². The Morgan fingerprint density at radius 1 is 1.10 bits per heavy atom. The van der Waals surface area contributed by atoms with E-state index in [1.54, 1.807) is 42.7 Å². The summed E-state index contributed by atoms with van der Waals surface area (Å²) in [7, 11) is 1.49. The van der Waals surface area contributed by atoms with Gasteiger partial charge in [-0.1, -0.05) is 48.0 Å². The monoisotopic (exact) mass is 414 g/mol. The molecule has 1 atom stereocenters. The number of amides is 1. The van der Waals surface area contributed by atoms with E-state index in [0.717, 1.165) is 16.7 Å². The number of aliphatic hydroxyl groups excluding tert-OH is 1. The van der Waals surface area contributed by atoms with Crippen LogP contribution in [0.4, 0.5) is 0 Å². The summed E-state index contributed by atoms with van der Waals surface area (Å²) < 4.78 is 5.36. The Morgan fingerprint density at radius 3 is 2.61 bits per heavy atom. The Balaban J connectivity index is 1.90. The van der Waals surface area contributed by atoms with Crippen LogP contribution in [0.25, 0.3) is 5.76 Å². The van der Waals surface area contributed by atoms with Gasteiger partial charge < -0.3 is 14.7 Å². The molecular weight excluding hydrogens is 392 g/mol. The largest absolute Gasteiger partial charge is 0.507 e. The first-order valence-electron chi connectivity index (χ1n) is 9.88. The average Bonchev–Trinajstić information content (AvgIpc) is 3.04. The van der Waals surface area contributed by atoms with Gasteiger partial charge in [0.1, 0.15) is 11.5 Å². The number of hydrogen-bond acceptors (Lipinski definition) is 5. The fourth-order valence-corrected chi connectivity index (χ4v) is 3.90. The summed E-state index contributed by atoms with van der Waals surface area (Å²) >= 11 is 0. The van der Waals surface area contributed by atoms with Crippen molar-refractivity contribution in [2.75, 3.05) is 7.11 Å². The van der Waals surface area contributed by atoms with Gasteiger partial charge in [0.15, 0.2) is 0 Å². The maximum absolute atomic E-state index is 13.1. The van der Waals surface area contributed by atoms with Crippen molar-refractivity contribution in [1.29, 1.82) is 0 Å². The standard InChI is InChI=1S/C25H22N2O4/c1-16-7-5-9-18(13-16)22-21(23(28)19-10-3-4-11-20(19)31-2)24(29)25(30)27(22)15-17-8-6-12-26-14-17/h3-14,22,28H,15H2,1-2H3/b23-21-. The van der Waals surface area contributed by atoms with Gasteiger partial charge in [-0.3, -0.25) is 14.6 Å². The highest BCUT2D eigenvalue weighted by Gasteiger charge is 2.46. The molecule has 1 aliphatic rings. The third-order valence-corrected chi connectivity index (χ3v) is 5.34. The Bertz CT molecular complexity index is 1170. The topological polar surface area (TPSA) is 79.7 Å². The van der Waals surface area contributed by atoms with Crippen molar-refractivity contribution in [3.8, 4) is 5.75 Å². The van der Waals surface area contributed by atoms with Crippen LogP contribution in [0.5, 0.6) is 5.75 Å². The molecule has 4 rings (SSSR count). The van der Waals surface area contributed by atoms with Gasteiger partial charge in [0.2, 0.25) is 0 Å². The molecule has 1 fully saturated rings. The number of pyridine rings is 1. The number of ether oxygens (including phenoxy) is 1. The molecule has 31 heavy (non-hydrogen) atoms. The van der Waals surface area contributed by atoms with E-state index in [9.17, 15) is 14.7 Å². The SMILES string of the molecule is COc1ccccc1/C(O)=C1/C(=O)C(=O)N(Cc2cccnc2)C1c1cccc(C)c1. The van der Waals surface area contributed by atoms with Gasteiger partial charge in [-0.2, -0.15) is 0 Å². The van der Waals surface area contributed by atoms with Crippen LogP contribution in [0.15, 0.2) is 78.6 Å².